The van der Waals surface area contributed by atoms with Crippen LogP contribution in [0.3, 0.4) is 0 Å². The lowest BCUT2D eigenvalue weighted by Gasteiger charge is -2.34. The molecule has 0 aliphatic carbocycles. The maximum Gasteiger partial charge on any atom is 0.262 e. The van der Waals surface area contributed by atoms with Gasteiger partial charge in [0.25, 0.3) is 11.8 Å². The van der Waals surface area contributed by atoms with Gasteiger partial charge in [-0.05, 0) is 40.5 Å². The van der Waals surface area contributed by atoms with Crippen molar-refractivity contribution in [2.24, 2.45) is 0 Å². The molecule has 6 nitrogen and oxygen atoms in total. The summed E-state index contributed by atoms with van der Waals surface area (Å²) in [5.74, 6) is 0.0704. The van der Waals surface area contributed by atoms with E-state index >= 15 is 0 Å². The number of nitrogens with zero attached hydrogens (tertiary/aromatic N) is 2. The molecule has 130 valence electrons. The Hall–Kier alpha value is -2.41. The van der Waals surface area contributed by atoms with E-state index in [1.165, 1.54) is 6.20 Å². The first kappa shape index (κ1) is 17.4. The second-order valence-electron chi connectivity index (χ2n) is 5.67. The molecule has 1 aliphatic rings. The number of benzene rings is 1. The third-order valence-corrected chi connectivity index (χ3v) is 4.25. The molecule has 0 fully saturated rings. The van der Waals surface area contributed by atoms with Crippen molar-refractivity contribution in [1.29, 1.82) is 0 Å². The summed E-state index contributed by atoms with van der Waals surface area (Å²) in [6.07, 6.45) is 3.22. The zero-order valence-corrected chi connectivity index (χ0v) is 15.3. The lowest BCUT2D eigenvalue weighted by atomic mass is 10.1. The quantitative estimate of drug-likeness (QED) is 0.851. The normalized spacial score (nSPS) is 15.9. The standard InChI is InChI=1S/C18H18BrN3O3/c1-2-7-21-17(23)16-11-22(14-5-3-4-6-15(14)25-16)18(24)12-8-13(19)10-20-9-12/h3-6,8-10,16H,2,7,11H2,1H3,(H,21,23)/t16-/m0/s1. The van der Waals surface area contributed by atoms with Crippen LogP contribution in [0, 0.1) is 0 Å². The molecule has 2 heterocycles. The molecule has 1 aromatic carbocycles. The third kappa shape index (κ3) is 3.82. The minimum absolute atomic E-state index is 0.151. The SMILES string of the molecule is CCCNC(=O)[C@@H]1CN(C(=O)c2cncc(Br)c2)c2ccccc2O1. The number of ether oxygens (including phenoxy) is 1. The molecule has 1 atom stereocenters. The van der Waals surface area contributed by atoms with Crippen molar-refractivity contribution >= 4 is 33.4 Å². The molecule has 0 unspecified atom stereocenters. The van der Waals surface area contributed by atoms with E-state index in [1.807, 2.05) is 19.1 Å². The molecule has 25 heavy (non-hydrogen) atoms. The Balaban J connectivity index is 1.91. The Labute approximate surface area is 154 Å². The molecule has 3 rings (SSSR count). The lowest BCUT2D eigenvalue weighted by Crippen LogP contribution is -2.50. The van der Waals surface area contributed by atoms with E-state index in [-0.39, 0.29) is 18.4 Å². The van der Waals surface area contributed by atoms with Crippen molar-refractivity contribution in [3.63, 3.8) is 0 Å². The van der Waals surface area contributed by atoms with E-state index in [0.717, 1.165) is 10.9 Å². The molecule has 0 saturated heterocycles. The van der Waals surface area contributed by atoms with Gasteiger partial charge in [-0.3, -0.25) is 14.6 Å². The molecule has 2 aromatic rings. The maximum atomic E-state index is 13.0. The van der Waals surface area contributed by atoms with Crippen LogP contribution in [-0.4, -0.2) is 36.0 Å². The summed E-state index contributed by atoms with van der Waals surface area (Å²) in [5, 5.41) is 2.82. The van der Waals surface area contributed by atoms with Gasteiger partial charge >= 0.3 is 0 Å². The zero-order valence-electron chi connectivity index (χ0n) is 13.7. The van der Waals surface area contributed by atoms with Gasteiger partial charge < -0.3 is 15.0 Å². The van der Waals surface area contributed by atoms with E-state index < -0.39 is 6.10 Å². The predicted octanol–water partition coefficient (Wildman–Crippen LogP) is 2.78. The van der Waals surface area contributed by atoms with Gasteiger partial charge in [0, 0.05) is 23.4 Å². The van der Waals surface area contributed by atoms with Gasteiger partial charge in [-0.2, -0.15) is 0 Å². The number of halogens is 1. The Kier molecular flexibility index (Phi) is 5.33. The molecule has 2 amide bonds. The number of carbonyl (C=O) groups is 2. The number of hydrogen-bond donors (Lipinski definition) is 1. The Bertz CT molecular complexity index is 797. The number of carbonyl (C=O) groups excluding carboxylic acids is 2. The maximum absolute atomic E-state index is 13.0. The van der Waals surface area contributed by atoms with Crippen LogP contribution in [-0.2, 0) is 4.79 Å². The smallest absolute Gasteiger partial charge is 0.262 e. The van der Waals surface area contributed by atoms with E-state index in [1.54, 1.807) is 29.3 Å². The molecule has 7 heteroatoms. The molecule has 0 radical (unpaired) electrons. The lowest BCUT2D eigenvalue weighted by molar-refractivity contribution is -0.127. The van der Waals surface area contributed by atoms with Gasteiger partial charge in [-0.25, -0.2) is 0 Å². The van der Waals surface area contributed by atoms with Gasteiger partial charge in [0.1, 0.15) is 5.75 Å². The van der Waals surface area contributed by atoms with Gasteiger partial charge in [-0.15, -0.1) is 0 Å². The predicted molar refractivity (Wildman–Crippen MR) is 97.8 cm³/mol. The largest absolute Gasteiger partial charge is 0.477 e. The van der Waals surface area contributed by atoms with Gasteiger partial charge in [0.05, 0.1) is 17.8 Å². The highest BCUT2D eigenvalue weighted by molar-refractivity contribution is 9.10. The number of rotatable bonds is 4. The summed E-state index contributed by atoms with van der Waals surface area (Å²) in [5.41, 5.74) is 1.09. The van der Waals surface area contributed by atoms with Crippen LogP contribution in [0.4, 0.5) is 5.69 Å². The van der Waals surface area contributed by atoms with Crippen molar-refractivity contribution in [2.75, 3.05) is 18.0 Å². The van der Waals surface area contributed by atoms with Crippen molar-refractivity contribution in [2.45, 2.75) is 19.4 Å². The molecule has 0 bridgehead atoms. The number of aromatic nitrogens is 1. The summed E-state index contributed by atoms with van der Waals surface area (Å²) in [6.45, 7) is 2.70. The topological polar surface area (TPSA) is 71.5 Å². The summed E-state index contributed by atoms with van der Waals surface area (Å²) in [7, 11) is 0. The molecule has 1 aliphatic heterocycles. The Morgan fingerprint density at radius 2 is 2.16 bits per heavy atom. The fourth-order valence-corrected chi connectivity index (χ4v) is 2.97. The molecular formula is C18H18BrN3O3. The van der Waals surface area contributed by atoms with E-state index in [9.17, 15) is 9.59 Å². The van der Waals surface area contributed by atoms with Crippen LogP contribution >= 0.6 is 15.9 Å². The number of hydrogen-bond acceptors (Lipinski definition) is 4. The number of nitrogens with one attached hydrogen (secondary N) is 1. The highest BCUT2D eigenvalue weighted by Gasteiger charge is 2.34. The Morgan fingerprint density at radius 3 is 2.92 bits per heavy atom. The molecule has 1 aromatic heterocycles. The van der Waals surface area contributed by atoms with Crippen molar-refractivity contribution < 1.29 is 14.3 Å². The number of fused-ring (bicyclic) bond motifs is 1. The number of para-hydroxylation sites is 2. The van der Waals surface area contributed by atoms with Crippen molar-refractivity contribution in [3.8, 4) is 5.75 Å². The first-order valence-corrected chi connectivity index (χ1v) is 8.85. The van der Waals surface area contributed by atoms with Crippen LogP contribution in [0.1, 0.15) is 23.7 Å². The highest BCUT2D eigenvalue weighted by Crippen LogP contribution is 2.34. The number of amides is 2. The third-order valence-electron chi connectivity index (χ3n) is 3.81. The molecule has 0 saturated carbocycles. The fraction of sp³-hybridized carbons (Fsp3) is 0.278. The van der Waals surface area contributed by atoms with Crippen molar-refractivity contribution in [1.82, 2.24) is 10.3 Å². The number of anilines is 1. The second kappa shape index (κ2) is 7.65. The number of pyridine rings is 1. The Morgan fingerprint density at radius 1 is 1.36 bits per heavy atom. The summed E-state index contributed by atoms with van der Waals surface area (Å²) >= 11 is 3.33. The van der Waals surface area contributed by atoms with Gasteiger partial charge in [0.2, 0.25) is 0 Å². The van der Waals surface area contributed by atoms with E-state index in [2.05, 4.69) is 26.2 Å². The van der Waals surface area contributed by atoms with E-state index in [0.29, 0.717) is 23.5 Å². The first-order valence-electron chi connectivity index (χ1n) is 8.06. The summed E-state index contributed by atoms with van der Waals surface area (Å²) in [6, 6.07) is 8.92. The molecular weight excluding hydrogens is 386 g/mol. The highest BCUT2D eigenvalue weighted by atomic mass is 79.9. The van der Waals surface area contributed by atoms with Crippen molar-refractivity contribution in [3.05, 3.63) is 52.8 Å². The first-order chi connectivity index (χ1) is 12.1. The average Bonchev–Trinajstić information content (AvgIpc) is 2.64. The van der Waals surface area contributed by atoms with Crippen LogP contribution < -0.4 is 15.0 Å². The van der Waals surface area contributed by atoms with Crippen LogP contribution in [0.5, 0.6) is 5.75 Å². The van der Waals surface area contributed by atoms with Gasteiger partial charge in [0.15, 0.2) is 6.10 Å². The second-order valence-corrected chi connectivity index (χ2v) is 6.59. The monoisotopic (exact) mass is 403 g/mol. The van der Waals surface area contributed by atoms with Crippen LogP contribution in [0.15, 0.2) is 47.2 Å². The van der Waals surface area contributed by atoms with Crippen LogP contribution in [0.25, 0.3) is 0 Å². The van der Waals surface area contributed by atoms with E-state index in [4.69, 9.17) is 4.74 Å². The fourth-order valence-electron chi connectivity index (χ4n) is 2.61. The minimum atomic E-state index is -0.745. The zero-order chi connectivity index (χ0) is 17.8. The minimum Gasteiger partial charge on any atom is -0.477 e. The van der Waals surface area contributed by atoms with Crippen LogP contribution in [0.2, 0.25) is 0 Å². The molecule has 1 N–H and O–H groups in total. The summed E-state index contributed by atoms with van der Waals surface area (Å²) in [4.78, 5) is 30.9. The average molecular weight is 404 g/mol. The summed E-state index contributed by atoms with van der Waals surface area (Å²) < 4.78 is 6.52. The molecule has 0 spiro atoms. The van der Waals surface area contributed by atoms with Gasteiger partial charge in [-0.1, -0.05) is 19.1 Å².